The lowest BCUT2D eigenvalue weighted by molar-refractivity contribution is -0.121. The molecule has 2 aromatic heterocycles. The third-order valence-corrected chi connectivity index (χ3v) is 6.64. The van der Waals surface area contributed by atoms with Gasteiger partial charge in [0.15, 0.2) is 5.52 Å². The number of carbonyl (C=O) groups excluding carboxylic acids is 1. The number of carbonyl (C=O) groups is 1. The lowest BCUT2D eigenvalue weighted by Crippen LogP contribution is -2.41. The molecule has 8 nitrogen and oxygen atoms in total. The number of hydrogen-bond donors (Lipinski definition) is 1. The van der Waals surface area contributed by atoms with Crippen LogP contribution in [0.2, 0.25) is 0 Å². The highest BCUT2D eigenvalue weighted by atomic mass is 16.2. The minimum Gasteiger partial charge on any atom is -0.354 e. The van der Waals surface area contributed by atoms with E-state index in [0.717, 1.165) is 36.3 Å². The first-order valence-corrected chi connectivity index (χ1v) is 12.0. The molecule has 1 saturated heterocycles. The Hall–Kier alpha value is -3.00. The second-order valence-corrected chi connectivity index (χ2v) is 8.90. The van der Waals surface area contributed by atoms with Crippen LogP contribution in [0.3, 0.4) is 0 Å². The minimum absolute atomic E-state index is 0.103. The van der Waals surface area contributed by atoms with Crippen LogP contribution in [0.15, 0.2) is 35.1 Å². The lowest BCUT2D eigenvalue weighted by atomic mass is 10.00. The van der Waals surface area contributed by atoms with E-state index in [9.17, 15) is 9.59 Å². The summed E-state index contributed by atoms with van der Waals surface area (Å²) in [6.45, 7) is 8.68. The van der Waals surface area contributed by atoms with E-state index in [0.29, 0.717) is 23.8 Å². The number of piperidine rings is 1. The molecule has 3 heterocycles. The van der Waals surface area contributed by atoms with E-state index in [1.165, 1.54) is 30.4 Å². The molecule has 1 atom stereocenters. The summed E-state index contributed by atoms with van der Waals surface area (Å²) >= 11 is 0. The molecule has 1 aliphatic rings. The van der Waals surface area contributed by atoms with Crippen LogP contribution in [0.1, 0.15) is 50.4 Å². The van der Waals surface area contributed by atoms with Gasteiger partial charge < -0.3 is 10.2 Å². The molecule has 0 saturated carbocycles. The van der Waals surface area contributed by atoms with Gasteiger partial charge in [-0.15, -0.1) is 0 Å². The van der Waals surface area contributed by atoms with Gasteiger partial charge in [-0.25, -0.2) is 9.36 Å². The van der Waals surface area contributed by atoms with Gasteiger partial charge >= 0.3 is 0 Å². The zero-order valence-electron chi connectivity index (χ0n) is 19.9. The van der Waals surface area contributed by atoms with Crippen molar-refractivity contribution in [2.24, 2.45) is 0 Å². The molecule has 0 bridgehead atoms. The monoisotopic (exact) mass is 450 g/mol. The van der Waals surface area contributed by atoms with Gasteiger partial charge in [0.05, 0.1) is 22.5 Å². The average molecular weight is 451 g/mol. The van der Waals surface area contributed by atoms with Gasteiger partial charge in [0.25, 0.3) is 5.56 Å². The SMILES string of the molecule is CCC1CCCCN1CCCNC(=O)Cn1nc(C)c2c(C)n(-c3ccccc3)nc2c1=O. The van der Waals surface area contributed by atoms with Crippen LogP contribution in [-0.2, 0) is 11.3 Å². The number of rotatable bonds is 8. The fourth-order valence-electron chi connectivity index (χ4n) is 4.93. The topological polar surface area (TPSA) is 85.1 Å². The van der Waals surface area contributed by atoms with Gasteiger partial charge in [0.2, 0.25) is 5.91 Å². The summed E-state index contributed by atoms with van der Waals surface area (Å²) in [5.41, 5.74) is 2.43. The van der Waals surface area contributed by atoms with Gasteiger partial charge in [-0.3, -0.25) is 9.59 Å². The summed E-state index contributed by atoms with van der Waals surface area (Å²) in [6.07, 6.45) is 5.95. The normalized spacial score (nSPS) is 16.9. The molecule has 4 rings (SSSR count). The molecule has 0 spiro atoms. The minimum atomic E-state index is -0.345. The Kier molecular flexibility index (Phi) is 7.23. The van der Waals surface area contributed by atoms with Crippen molar-refractivity contribution in [1.29, 1.82) is 0 Å². The Morgan fingerprint density at radius 3 is 2.70 bits per heavy atom. The number of para-hydroxylation sites is 1. The van der Waals surface area contributed by atoms with Gasteiger partial charge in [-0.2, -0.15) is 10.2 Å². The molecule has 1 fully saturated rings. The van der Waals surface area contributed by atoms with E-state index < -0.39 is 0 Å². The summed E-state index contributed by atoms with van der Waals surface area (Å²) in [5.74, 6) is -0.201. The highest BCUT2D eigenvalue weighted by Crippen LogP contribution is 2.21. The highest BCUT2D eigenvalue weighted by Gasteiger charge is 2.20. The van der Waals surface area contributed by atoms with Crippen molar-refractivity contribution >= 4 is 16.8 Å². The van der Waals surface area contributed by atoms with E-state index >= 15 is 0 Å². The lowest BCUT2D eigenvalue weighted by Gasteiger charge is -2.35. The van der Waals surface area contributed by atoms with Crippen LogP contribution in [0, 0.1) is 13.8 Å². The van der Waals surface area contributed by atoms with E-state index in [-0.39, 0.29) is 18.0 Å². The highest BCUT2D eigenvalue weighted by molar-refractivity contribution is 5.83. The molecule has 1 N–H and O–H groups in total. The van der Waals surface area contributed by atoms with Gasteiger partial charge in [0, 0.05) is 19.1 Å². The number of aryl methyl sites for hydroxylation is 2. The van der Waals surface area contributed by atoms with Crippen molar-refractivity contribution < 1.29 is 4.79 Å². The predicted octanol–water partition coefficient (Wildman–Crippen LogP) is 2.97. The molecular formula is C25H34N6O2. The van der Waals surface area contributed by atoms with Crippen molar-refractivity contribution in [2.75, 3.05) is 19.6 Å². The van der Waals surface area contributed by atoms with Crippen molar-refractivity contribution in [1.82, 2.24) is 29.8 Å². The summed E-state index contributed by atoms with van der Waals surface area (Å²) in [5, 5.41) is 12.7. The van der Waals surface area contributed by atoms with Gasteiger partial charge in [-0.05, 0) is 58.2 Å². The first kappa shape index (κ1) is 23.2. The van der Waals surface area contributed by atoms with Crippen molar-refractivity contribution in [3.63, 3.8) is 0 Å². The molecule has 1 aliphatic heterocycles. The van der Waals surface area contributed by atoms with Crippen molar-refractivity contribution in [2.45, 2.75) is 65.5 Å². The molecule has 8 heteroatoms. The Balaban J connectivity index is 1.41. The molecular weight excluding hydrogens is 416 g/mol. The number of fused-ring (bicyclic) bond motifs is 1. The molecule has 3 aromatic rings. The standard InChI is InChI=1S/C25H34N6O2/c1-4-20-11-8-9-15-29(20)16-10-14-26-22(32)17-30-25(33)24-23(18(2)27-30)19(3)31(28-24)21-12-6-5-7-13-21/h5-7,12-13,20H,4,8-11,14-17H2,1-3H3,(H,26,32). The van der Waals surface area contributed by atoms with Crippen LogP contribution in [0.5, 0.6) is 0 Å². The van der Waals surface area contributed by atoms with Crippen LogP contribution >= 0.6 is 0 Å². The summed E-state index contributed by atoms with van der Waals surface area (Å²) in [6, 6.07) is 10.4. The molecule has 33 heavy (non-hydrogen) atoms. The Labute approximate surface area is 194 Å². The average Bonchev–Trinajstić information content (AvgIpc) is 3.19. The Bertz CT molecular complexity index is 1170. The first-order valence-electron chi connectivity index (χ1n) is 12.0. The number of hydrogen-bond acceptors (Lipinski definition) is 5. The summed E-state index contributed by atoms with van der Waals surface area (Å²) in [4.78, 5) is 28.1. The maximum Gasteiger partial charge on any atom is 0.295 e. The second kappa shape index (κ2) is 10.3. The van der Waals surface area contributed by atoms with Crippen molar-refractivity contribution in [3.05, 3.63) is 52.1 Å². The number of aromatic nitrogens is 4. The van der Waals surface area contributed by atoms with Crippen molar-refractivity contribution in [3.8, 4) is 5.69 Å². The number of nitrogens with one attached hydrogen (secondary N) is 1. The summed E-state index contributed by atoms with van der Waals surface area (Å²) < 4.78 is 2.99. The molecule has 1 aromatic carbocycles. The Morgan fingerprint density at radius 2 is 1.94 bits per heavy atom. The fraction of sp³-hybridized carbons (Fsp3) is 0.520. The molecule has 1 unspecified atom stereocenters. The predicted molar refractivity (Wildman–Crippen MR) is 130 cm³/mol. The zero-order chi connectivity index (χ0) is 23.4. The maximum absolute atomic E-state index is 13.1. The smallest absolute Gasteiger partial charge is 0.295 e. The Morgan fingerprint density at radius 1 is 1.15 bits per heavy atom. The number of benzene rings is 1. The molecule has 0 radical (unpaired) electrons. The summed E-state index contributed by atoms with van der Waals surface area (Å²) in [7, 11) is 0. The van der Waals surface area contributed by atoms with Gasteiger partial charge in [0.1, 0.15) is 6.54 Å². The van der Waals surface area contributed by atoms with E-state index in [2.05, 4.69) is 27.3 Å². The molecule has 1 amide bonds. The first-order chi connectivity index (χ1) is 16.0. The van der Waals surface area contributed by atoms with Gasteiger partial charge in [-0.1, -0.05) is 31.5 Å². The largest absolute Gasteiger partial charge is 0.354 e. The fourth-order valence-corrected chi connectivity index (χ4v) is 4.93. The quantitative estimate of drug-likeness (QED) is 0.534. The zero-order valence-corrected chi connectivity index (χ0v) is 19.9. The van der Waals surface area contributed by atoms with Crippen LogP contribution in [0.25, 0.3) is 16.6 Å². The van der Waals surface area contributed by atoms with E-state index in [1.54, 1.807) is 4.68 Å². The number of nitrogens with zero attached hydrogens (tertiary/aromatic N) is 5. The molecule has 176 valence electrons. The van der Waals surface area contributed by atoms with E-state index in [1.807, 2.05) is 44.2 Å². The third kappa shape index (κ3) is 5.00. The van der Waals surface area contributed by atoms with Crippen LogP contribution in [0.4, 0.5) is 0 Å². The third-order valence-electron chi connectivity index (χ3n) is 6.64. The van der Waals surface area contributed by atoms with E-state index in [4.69, 9.17) is 0 Å². The van der Waals surface area contributed by atoms with Crippen LogP contribution in [-0.4, -0.2) is 56.0 Å². The second-order valence-electron chi connectivity index (χ2n) is 8.90. The maximum atomic E-state index is 13.1. The number of amides is 1. The van der Waals surface area contributed by atoms with Crippen LogP contribution < -0.4 is 10.9 Å². The number of likely N-dealkylation sites (tertiary alicyclic amines) is 1. The molecule has 0 aliphatic carbocycles.